The van der Waals surface area contributed by atoms with E-state index >= 15 is 0 Å². The zero-order valence-electron chi connectivity index (χ0n) is 15.4. The monoisotopic (exact) mass is 371 g/mol. The summed E-state index contributed by atoms with van der Waals surface area (Å²) < 4.78 is 18.6. The van der Waals surface area contributed by atoms with E-state index < -0.39 is 0 Å². The lowest BCUT2D eigenvalue weighted by Gasteiger charge is -2.07. The predicted molar refractivity (Wildman–Crippen MR) is 109 cm³/mol. The Hall–Kier alpha value is -3.53. The van der Waals surface area contributed by atoms with Gasteiger partial charge in [-0.1, -0.05) is 30.3 Å². The maximum Gasteiger partial charge on any atom is 0.338 e. The molecule has 0 atom stereocenters. The first-order valence-electron chi connectivity index (χ1n) is 9.07. The Labute approximate surface area is 162 Å². The van der Waals surface area contributed by atoms with Crippen LogP contribution in [-0.4, -0.2) is 17.6 Å². The molecule has 0 saturated carbocycles. The average Bonchev–Trinajstić information content (AvgIpc) is 2.73. The predicted octanol–water partition coefficient (Wildman–Crippen LogP) is 5.88. The lowest BCUT2D eigenvalue weighted by atomic mass is 10.00. The van der Waals surface area contributed by atoms with Crippen LogP contribution < -0.4 is 0 Å². The number of hydrogen-bond donors (Lipinski definition) is 0. The normalized spacial score (nSPS) is 10.8. The summed E-state index contributed by atoms with van der Waals surface area (Å²) in [5.74, 6) is -0.593. The van der Waals surface area contributed by atoms with Gasteiger partial charge in [-0.3, -0.25) is 4.98 Å². The number of carbonyl (C=O) groups excluding carboxylic acids is 1. The molecule has 3 nitrogen and oxygen atoms in total. The third-order valence-electron chi connectivity index (χ3n) is 4.57. The SMILES string of the molecule is CCOC(=O)c1ccc(-c2ccc3ncc(-c4cccc(F)c4)cc3c2)cc1. The number of rotatable bonds is 4. The molecule has 4 heteroatoms. The van der Waals surface area contributed by atoms with Gasteiger partial charge in [-0.15, -0.1) is 0 Å². The smallest absolute Gasteiger partial charge is 0.338 e. The van der Waals surface area contributed by atoms with Crippen molar-refractivity contribution in [1.29, 1.82) is 0 Å². The Morgan fingerprint density at radius 1 is 0.893 bits per heavy atom. The van der Waals surface area contributed by atoms with Crippen molar-refractivity contribution in [1.82, 2.24) is 4.98 Å². The number of carbonyl (C=O) groups is 1. The Kier molecular flexibility index (Phi) is 4.85. The zero-order chi connectivity index (χ0) is 19.5. The molecule has 0 aliphatic carbocycles. The molecular weight excluding hydrogens is 353 g/mol. The molecule has 0 amide bonds. The van der Waals surface area contributed by atoms with E-state index in [4.69, 9.17) is 4.74 Å². The molecular formula is C24H18FNO2. The van der Waals surface area contributed by atoms with E-state index in [2.05, 4.69) is 4.98 Å². The molecule has 3 aromatic carbocycles. The van der Waals surface area contributed by atoms with E-state index in [1.807, 2.05) is 42.5 Å². The molecule has 0 aliphatic heterocycles. The van der Waals surface area contributed by atoms with Crippen LogP contribution in [0, 0.1) is 5.82 Å². The van der Waals surface area contributed by atoms with Crippen LogP contribution in [0.3, 0.4) is 0 Å². The fraction of sp³-hybridized carbons (Fsp3) is 0.0833. The highest BCUT2D eigenvalue weighted by Crippen LogP contribution is 2.28. The fourth-order valence-electron chi connectivity index (χ4n) is 3.15. The maximum atomic E-state index is 13.5. The van der Waals surface area contributed by atoms with Crippen LogP contribution >= 0.6 is 0 Å². The van der Waals surface area contributed by atoms with Gasteiger partial charge in [0, 0.05) is 17.1 Å². The molecule has 4 rings (SSSR count). The molecule has 0 unspecified atom stereocenters. The summed E-state index contributed by atoms with van der Waals surface area (Å²) in [6, 6.07) is 21.8. The quantitative estimate of drug-likeness (QED) is 0.420. The van der Waals surface area contributed by atoms with E-state index in [-0.39, 0.29) is 11.8 Å². The molecule has 0 bridgehead atoms. The molecule has 0 radical (unpaired) electrons. The summed E-state index contributed by atoms with van der Waals surface area (Å²) in [4.78, 5) is 16.3. The van der Waals surface area contributed by atoms with Gasteiger partial charge in [0.25, 0.3) is 0 Å². The second-order valence-corrected chi connectivity index (χ2v) is 6.44. The third-order valence-corrected chi connectivity index (χ3v) is 4.57. The van der Waals surface area contributed by atoms with Crippen molar-refractivity contribution in [3.05, 3.63) is 90.4 Å². The Morgan fingerprint density at radius 2 is 1.61 bits per heavy atom. The largest absolute Gasteiger partial charge is 0.462 e. The minimum Gasteiger partial charge on any atom is -0.462 e. The van der Waals surface area contributed by atoms with Crippen LogP contribution in [0.5, 0.6) is 0 Å². The molecule has 28 heavy (non-hydrogen) atoms. The summed E-state index contributed by atoms with van der Waals surface area (Å²) >= 11 is 0. The highest BCUT2D eigenvalue weighted by Gasteiger charge is 2.08. The van der Waals surface area contributed by atoms with Crippen molar-refractivity contribution in [2.45, 2.75) is 6.92 Å². The summed E-state index contributed by atoms with van der Waals surface area (Å²) in [5.41, 5.74) is 5.06. The van der Waals surface area contributed by atoms with Crippen LogP contribution in [0.4, 0.5) is 4.39 Å². The molecule has 138 valence electrons. The lowest BCUT2D eigenvalue weighted by Crippen LogP contribution is -2.03. The maximum absolute atomic E-state index is 13.5. The van der Waals surface area contributed by atoms with E-state index in [0.29, 0.717) is 12.2 Å². The van der Waals surface area contributed by atoms with Gasteiger partial charge in [-0.2, -0.15) is 0 Å². The number of esters is 1. The van der Waals surface area contributed by atoms with Crippen LogP contribution in [0.15, 0.2) is 79.0 Å². The number of nitrogens with zero attached hydrogens (tertiary/aromatic N) is 1. The van der Waals surface area contributed by atoms with E-state index in [0.717, 1.165) is 33.2 Å². The highest BCUT2D eigenvalue weighted by molar-refractivity contribution is 5.91. The van der Waals surface area contributed by atoms with Crippen molar-refractivity contribution < 1.29 is 13.9 Å². The summed E-state index contributed by atoms with van der Waals surface area (Å²) in [7, 11) is 0. The second-order valence-electron chi connectivity index (χ2n) is 6.44. The van der Waals surface area contributed by atoms with Crippen LogP contribution in [-0.2, 0) is 4.74 Å². The van der Waals surface area contributed by atoms with Gasteiger partial charge in [0.1, 0.15) is 5.82 Å². The number of fused-ring (bicyclic) bond motifs is 1. The fourth-order valence-corrected chi connectivity index (χ4v) is 3.15. The molecule has 0 spiro atoms. The molecule has 1 aromatic heterocycles. The molecule has 1 heterocycles. The standard InChI is InChI=1S/C24H18FNO2/c1-2-28-24(27)17-8-6-16(7-9-17)19-10-11-23-20(12-19)13-21(15-26-23)18-4-3-5-22(25)14-18/h3-15H,2H2,1H3. The molecule has 4 aromatic rings. The number of halogens is 1. The van der Waals surface area contributed by atoms with E-state index in [1.165, 1.54) is 12.1 Å². The van der Waals surface area contributed by atoms with Crippen molar-refractivity contribution in [2.75, 3.05) is 6.61 Å². The van der Waals surface area contributed by atoms with Crippen molar-refractivity contribution in [3.63, 3.8) is 0 Å². The number of hydrogen-bond acceptors (Lipinski definition) is 3. The van der Waals surface area contributed by atoms with Crippen LogP contribution in [0.1, 0.15) is 17.3 Å². The number of ether oxygens (including phenoxy) is 1. The lowest BCUT2D eigenvalue weighted by molar-refractivity contribution is 0.0526. The number of aromatic nitrogens is 1. The topological polar surface area (TPSA) is 39.2 Å². The van der Waals surface area contributed by atoms with E-state index in [9.17, 15) is 9.18 Å². The van der Waals surface area contributed by atoms with Crippen molar-refractivity contribution >= 4 is 16.9 Å². The minimum absolute atomic E-state index is 0.270. The van der Waals surface area contributed by atoms with Gasteiger partial charge in [0.15, 0.2) is 0 Å². The third kappa shape index (κ3) is 3.62. The van der Waals surface area contributed by atoms with Gasteiger partial charge in [0.2, 0.25) is 0 Å². The van der Waals surface area contributed by atoms with Crippen LogP contribution in [0.25, 0.3) is 33.2 Å². The van der Waals surface area contributed by atoms with Crippen molar-refractivity contribution in [2.24, 2.45) is 0 Å². The molecule has 0 aliphatic rings. The summed E-state index contributed by atoms with van der Waals surface area (Å²) in [5, 5.41) is 0.966. The van der Waals surface area contributed by atoms with Crippen LogP contribution in [0.2, 0.25) is 0 Å². The Morgan fingerprint density at radius 3 is 2.36 bits per heavy atom. The first kappa shape index (κ1) is 17.9. The first-order chi connectivity index (χ1) is 13.6. The van der Waals surface area contributed by atoms with Gasteiger partial charge < -0.3 is 4.74 Å². The number of pyridine rings is 1. The van der Waals surface area contributed by atoms with Gasteiger partial charge in [-0.05, 0) is 66.1 Å². The van der Waals surface area contributed by atoms with Gasteiger partial charge >= 0.3 is 5.97 Å². The van der Waals surface area contributed by atoms with Gasteiger partial charge in [-0.25, -0.2) is 9.18 Å². The average molecular weight is 371 g/mol. The Balaban J connectivity index is 1.69. The van der Waals surface area contributed by atoms with Crippen molar-refractivity contribution in [3.8, 4) is 22.3 Å². The number of benzene rings is 3. The first-order valence-corrected chi connectivity index (χ1v) is 9.07. The van der Waals surface area contributed by atoms with E-state index in [1.54, 1.807) is 31.3 Å². The molecule has 0 N–H and O–H groups in total. The second kappa shape index (κ2) is 7.61. The minimum atomic E-state index is -0.323. The molecule has 0 fully saturated rings. The Bertz CT molecular complexity index is 1150. The zero-order valence-corrected chi connectivity index (χ0v) is 15.4. The summed E-state index contributed by atoms with van der Waals surface area (Å²) in [6.45, 7) is 2.14. The van der Waals surface area contributed by atoms with Gasteiger partial charge in [0.05, 0.1) is 17.7 Å². The molecule has 0 saturated heterocycles. The highest BCUT2D eigenvalue weighted by atomic mass is 19.1. The summed E-state index contributed by atoms with van der Waals surface area (Å²) in [6.07, 6.45) is 1.75.